The van der Waals surface area contributed by atoms with Crippen LogP contribution in [-0.2, 0) is 6.54 Å². The fourth-order valence-corrected chi connectivity index (χ4v) is 1.87. The molecule has 78 valence electrons. The van der Waals surface area contributed by atoms with Gasteiger partial charge in [0.1, 0.15) is 0 Å². The van der Waals surface area contributed by atoms with Crippen LogP contribution >= 0.6 is 15.9 Å². The zero-order valence-electron chi connectivity index (χ0n) is 8.44. The van der Waals surface area contributed by atoms with Crippen LogP contribution in [0.5, 0.6) is 0 Å². The maximum Gasteiger partial charge on any atom is 0.0719 e. The predicted octanol–water partition coefficient (Wildman–Crippen LogP) is 2.58. The summed E-state index contributed by atoms with van der Waals surface area (Å²) in [5.41, 5.74) is 8.79. The van der Waals surface area contributed by atoms with Crippen LogP contribution in [0, 0.1) is 6.92 Å². The van der Waals surface area contributed by atoms with Gasteiger partial charge in [-0.3, -0.25) is 4.68 Å². The lowest BCUT2D eigenvalue weighted by Crippen LogP contribution is -2.02. The molecule has 2 rings (SSSR count). The summed E-state index contributed by atoms with van der Waals surface area (Å²) in [6, 6.07) is 6.16. The largest absolute Gasteiger partial charge is 0.396 e. The maximum absolute atomic E-state index is 5.61. The van der Waals surface area contributed by atoms with E-state index in [0.717, 1.165) is 11.0 Å². The van der Waals surface area contributed by atoms with Gasteiger partial charge in [-0.1, -0.05) is 28.1 Å². The number of anilines is 1. The monoisotopic (exact) mass is 265 g/mol. The van der Waals surface area contributed by atoms with Crippen LogP contribution in [0.25, 0.3) is 0 Å². The topological polar surface area (TPSA) is 43.8 Å². The first kappa shape index (κ1) is 10.2. The van der Waals surface area contributed by atoms with Crippen molar-refractivity contribution < 1.29 is 0 Å². The van der Waals surface area contributed by atoms with Crippen molar-refractivity contribution in [1.82, 2.24) is 9.78 Å². The summed E-state index contributed by atoms with van der Waals surface area (Å²) < 4.78 is 2.96. The van der Waals surface area contributed by atoms with Gasteiger partial charge in [0.05, 0.1) is 18.4 Å². The molecule has 4 heteroatoms. The Labute approximate surface area is 97.0 Å². The summed E-state index contributed by atoms with van der Waals surface area (Å²) in [6.45, 7) is 2.84. The summed E-state index contributed by atoms with van der Waals surface area (Å²) in [7, 11) is 0. The number of nitrogen functional groups attached to an aromatic ring is 1. The smallest absolute Gasteiger partial charge is 0.0719 e. The second kappa shape index (κ2) is 4.06. The van der Waals surface area contributed by atoms with Crippen LogP contribution in [0.4, 0.5) is 5.69 Å². The molecule has 0 saturated heterocycles. The second-order valence-electron chi connectivity index (χ2n) is 3.50. The Bertz CT molecular complexity index is 476. The number of benzene rings is 1. The first-order valence-electron chi connectivity index (χ1n) is 4.69. The molecule has 0 unspecified atom stereocenters. The molecule has 1 heterocycles. The number of aromatic nitrogens is 2. The van der Waals surface area contributed by atoms with E-state index in [0.29, 0.717) is 5.69 Å². The average molecular weight is 266 g/mol. The predicted molar refractivity (Wildman–Crippen MR) is 64.6 cm³/mol. The van der Waals surface area contributed by atoms with E-state index < -0.39 is 0 Å². The van der Waals surface area contributed by atoms with Crippen LogP contribution in [0.3, 0.4) is 0 Å². The molecule has 1 aromatic carbocycles. The van der Waals surface area contributed by atoms with Crippen LogP contribution < -0.4 is 5.73 Å². The Morgan fingerprint density at radius 2 is 2.27 bits per heavy atom. The fraction of sp³-hybridized carbons (Fsp3) is 0.182. The third kappa shape index (κ3) is 2.21. The van der Waals surface area contributed by atoms with Crippen molar-refractivity contribution in [1.29, 1.82) is 0 Å². The highest BCUT2D eigenvalue weighted by Gasteiger charge is 2.03. The third-order valence-corrected chi connectivity index (χ3v) is 3.22. The molecule has 3 nitrogen and oxygen atoms in total. The van der Waals surface area contributed by atoms with E-state index in [1.807, 2.05) is 23.0 Å². The van der Waals surface area contributed by atoms with E-state index in [4.69, 9.17) is 5.73 Å². The Morgan fingerprint density at radius 3 is 2.93 bits per heavy atom. The third-order valence-electron chi connectivity index (χ3n) is 2.37. The summed E-state index contributed by atoms with van der Waals surface area (Å²) in [5, 5.41) is 4.16. The van der Waals surface area contributed by atoms with Crippen molar-refractivity contribution in [3.8, 4) is 0 Å². The number of nitrogens with two attached hydrogens (primary N) is 1. The zero-order chi connectivity index (χ0) is 10.8. The maximum atomic E-state index is 5.61. The molecule has 0 saturated carbocycles. The molecule has 0 bridgehead atoms. The standard InChI is InChI=1S/C11H12BrN3/c1-8-9(3-2-4-11(8)12)6-15-7-10(13)5-14-15/h2-5,7H,6,13H2,1H3. The van der Waals surface area contributed by atoms with Crippen molar-refractivity contribution in [3.05, 3.63) is 46.2 Å². The molecular formula is C11H12BrN3. The Hall–Kier alpha value is -1.29. The molecule has 15 heavy (non-hydrogen) atoms. The lowest BCUT2D eigenvalue weighted by atomic mass is 10.1. The van der Waals surface area contributed by atoms with Gasteiger partial charge in [-0.2, -0.15) is 5.10 Å². The van der Waals surface area contributed by atoms with E-state index in [1.54, 1.807) is 6.20 Å². The molecule has 0 aliphatic rings. The first-order chi connectivity index (χ1) is 7.16. The molecule has 2 aromatic rings. The molecular weight excluding hydrogens is 254 g/mol. The van der Waals surface area contributed by atoms with Crippen LogP contribution in [0.15, 0.2) is 35.1 Å². The highest BCUT2D eigenvalue weighted by molar-refractivity contribution is 9.10. The molecule has 2 N–H and O–H groups in total. The number of hydrogen-bond acceptors (Lipinski definition) is 2. The van der Waals surface area contributed by atoms with Gasteiger partial charge in [-0.05, 0) is 24.1 Å². The van der Waals surface area contributed by atoms with Crippen molar-refractivity contribution in [2.24, 2.45) is 0 Å². The van der Waals surface area contributed by atoms with Gasteiger partial charge in [0.15, 0.2) is 0 Å². The number of rotatable bonds is 2. The minimum absolute atomic E-state index is 0.697. The minimum Gasteiger partial charge on any atom is -0.396 e. The van der Waals surface area contributed by atoms with Gasteiger partial charge < -0.3 is 5.73 Å². The minimum atomic E-state index is 0.697. The van der Waals surface area contributed by atoms with Gasteiger partial charge in [0, 0.05) is 10.7 Å². The Morgan fingerprint density at radius 1 is 1.47 bits per heavy atom. The van der Waals surface area contributed by atoms with Crippen molar-refractivity contribution in [2.45, 2.75) is 13.5 Å². The van der Waals surface area contributed by atoms with Gasteiger partial charge in [-0.25, -0.2) is 0 Å². The highest BCUT2D eigenvalue weighted by atomic mass is 79.9. The molecule has 0 atom stereocenters. The zero-order valence-corrected chi connectivity index (χ0v) is 10.0. The fourth-order valence-electron chi connectivity index (χ4n) is 1.46. The van der Waals surface area contributed by atoms with E-state index in [2.05, 4.69) is 34.0 Å². The van der Waals surface area contributed by atoms with Crippen molar-refractivity contribution in [3.63, 3.8) is 0 Å². The van der Waals surface area contributed by atoms with Gasteiger partial charge in [0.2, 0.25) is 0 Å². The van der Waals surface area contributed by atoms with Crippen LogP contribution in [0.2, 0.25) is 0 Å². The first-order valence-corrected chi connectivity index (χ1v) is 5.48. The summed E-state index contributed by atoms with van der Waals surface area (Å²) in [5.74, 6) is 0. The number of nitrogens with zero attached hydrogens (tertiary/aromatic N) is 2. The number of halogens is 1. The van der Waals surface area contributed by atoms with E-state index >= 15 is 0 Å². The van der Waals surface area contributed by atoms with E-state index in [9.17, 15) is 0 Å². The molecule has 0 radical (unpaired) electrons. The van der Waals surface area contributed by atoms with Crippen LogP contribution in [0.1, 0.15) is 11.1 Å². The van der Waals surface area contributed by atoms with Gasteiger partial charge in [-0.15, -0.1) is 0 Å². The lowest BCUT2D eigenvalue weighted by molar-refractivity contribution is 0.684. The normalized spacial score (nSPS) is 10.5. The molecule has 0 spiro atoms. The van der Waals surface area contributed by atoms with Crippen molar-refractivity contribution >= 4 is 21.6 Å². The molecule has 0 aliphatic heterocycles. The summed E-state index contributed by atoms with van der Waals surface area (Å²) >= 11 is 3.51. The van der Waals surface area contributed by atoms with Gasteiger partial charge in [0.25, 0.3) is 0 Å². The molecule has 0 amide bonds. The van der Waals surface area contributed by atoms with Crippen LogP contribution in [-0.4, -0.2) is 9.78 Å². The average Bonchev–Trinajstić information content (AvgIpc) is 2.59. The van der Waals surface area contributed by atoms with E-state index in [-0.39, 0.29) is 0 Å². The molecule has 0 aliphatic carbocycles. The molecule has 1 aromatic heterocycles. The number of hydrogen-bond donors (Lipinski definition) is 1. The second-order valence-corrected chi connectivity index (χ2v) is 4.35. The SMILES string of the molecule is Cc1c(Br)cccc1Cn1cc(N)cn1. The Kier molecular flexibility index (Phi) is 2.77. The lowest BCUT2D eigenvalue weighted by Gasteiger charge is -2.07. The summed E-state index contributed by atoms with van der Waals surface area (Å²) in [6.07, 6.45) is 3.49. The molecule has 0 fully saturated rings. The van der Waals surface area contributed by atoms with Crippen molar-refractivity contribution in [2.75, 3.05) is 5.73 Å². The quantitative estimate of drug-likeness (QED) is 0.907. The highest BCUT2D eigenvalue weighted by Crippen LogP contribution is 2.20. The van der Waals surface area contributed by atoms with E-state index in [1.165, 1.54) is 11.1 Å². The Balaban J connectivity index is 2.28. The van der Waals surface area contributed by atoms with Gasteiger partial charge >= 0.3 is 0 Å². The summed E-state index contributed by atoms with van der Waals surface area (Å²) in [4.78, 5) is 0.